The summed E-state index contributed by atoms with van der Waals surface area (Å²) in [6, 6.07) is 8.94. The number of nitriles is 1. The molecule has 1 aliphatic heterocycles. The van der Waals surface area contributed by atoms with Crippen LogP contribution in [0.1, 0.15) is 16.8 Å². The zero-order chi connectivity index (χ0) is 18.9. The molecule has 1 saturated heterocycles. The molecule has 1 aromatic heterocycles. The molecule has 9 heteroatoms. The zero-order valence-corrected chi connectivity index (χ0v) is 15.5. The molecule has 136 valence electrons. The van der Waals surface area contributed by atoms with Crippen LogP contribution in [0.5, 0.6) is 0 Å². The summed E-state index contributed by atoms with van der Waals surface area (Å²) in [5, 5.41) is 23.1. The minimum atomic E-state index is -3.79. The Balaban J connectivity index is 1.84. The van der Waals surface area contributed by atoms with Gasteiger partial charge in [-0.05, 0) is 31.5 Å². The molecule has 0 saturated carbocycles. The maximum Gasteiger partial charge on any atom is 0.240 e. The minimum absolute atomic E-state index is 0.122. The fourth-order valence-corrected chi connectivity index (χ4v) is 3.83. The largest absolute Gasteiger partial charge is 0.367 e. The van der Waals surface area contributed by atoms with E-state index in [1.807, 2.05) is 23.6 Å². The lowest BCUT2D eigenvalue weighted by molar-refractivity contribution is 0.595. The van der Waals surface area contributed by atoms with Crippen LogP contribution in [0.4, 0.5) is 11.5 Å². The van der Waals surface area contributed by atoms with E-state index in [4.69, 9.17) is 5.14 Å². The normalized spacial score (nSPS) is 15.0. The lowest BCUT2D eigenvalue weighted by Gasteiger charge is -2.37. The monoisotopic (exact) mass is 372 g/mol. The number of nitrogens with two attached hydrogens (primary N) is 1. The van der Waals surface area contributed by atoms with E-state index < -0.39 is 10.0 Å². The first kappa shape index (κ1) is 18.1. The molecule has 0 aliphatic carbocycles. The Bertz CT molecular complexity index is 975. The molecule has 2 heterocycles. The lowest BCUT2D eigenvalue weighted by atomic mass is 10.1. The van der Waals surface area contributed by atoms with Crippen LogP contribution in [0.25, 0.3) is 0 Å². The molecule has 1 aromatic carbocycles. The van der Waals surface area contributed by atoms with Gasteiger partial charge in [-0.3, -0.25) is 0 Å². The Morgan fingerprint density at radius 1 is 1.08 bits per heavy atom. The molecular weight excluding hydrogens is 352 g/mol. The van der Waals surface area contributed by atoms with Crippen LogP contribution < -0.4 is 14.9 Å². The molecule has 0 unspecified atom stereocenters. The van der Waals surface area contributed by atoms with Gasteiger partial charge in [0.25, 0.3) is 0 Å². The molecule has 3 rings (SSSR count). The highest BCUT2D eigenvalue weighted by Gasteiger charge is 2.25. The van der Waals surface area contributed by atoms with Crippen LogP contribution >= 0.6 is 0 Å². The van der Waals surface area contributed by atoms with Crippen molar-refractivity contribution in [2.75, 3.05) is 36.0 Å². The Kier molecular flexibility index (Phi) is 4.80. The summed E-state index contributed by atoms with van der Waals surface area (Å²) in [5.41, 5.74) is 2.71. The van der Waals surface area contributed by atoms with Crippen molar-refractivity contribution in [2.24, 2.45) is 5.14 Å². The maximum absolute atomic E-state index is 11.8. The number of hydrogen-bond acceptors (Lipinski definition) is 7. The second-order valence-electron chi connectivity index (χ2n) is 6.21. The Morgan fingerprint density at radius 3 is 2.31 bits per heavy atom. The lowest BCUT2D eigenvalue weighted by Crippen LogP contribution is -2.47. The van der Waals surface area contributed by atoms with E-state index in [0.29, 0.717) is 43.2 Å². The van der Waals surface area contributed by atoms with E-state index in [-0.39, 0.29) is 4.90 Å². The van der Waals surface area contributed by atoms with Crippen LogP contribution in [-0.2, 0) is 10.0 Å². The van der Waals surface area contributed by atoms with Gasteiger partial charge in [-0.2, -0.15) is 10.4 Å². The highest BCUT2D eigenvalue weighted by Crippen LogP contribution is 2.27. The van der Waals surface area contributed by atoms with Crippen molar-refractivity contribution < 1.29 is 8.42 Å². The molecule has 26 heavy (non-hydrogen) atoms. The third-order valence-electron chi connectivity index (χ3n) is 4.64. The van der Waals surface area contributed by atoms with E-state index >= 15 is 0 Å². The van der Waals surface area contributed by atoms with E-state index in [1.54, 1.807) is 18.2 Å². The Labute approximate surface area is 152 Å². The van der Waals surface area contributed by atoms with E-state index in [2.05, 4.69) is 16.3 Å². The van der Waals surface area contributed by atoms with E-state index in [9.17, 15) is 13.7 Å². The van der Waals surface area contributed by atoms with Crippen LogP contribution in [0, 0.1) is 25.2 Å². The number of aromatic nitrogens is 2. The number of sulfonamides is 1. The Hall–Kier alpha value is -2.70. The van der Waals surface area contributed by atoms with Gasteiger partial charge in [0.2, 0.25) is 10.0 Å². The number of para-hydroxylation sites is 1. The Morgan fingerprint density at radius 2 is 1.69 bits per heavy atom. The number of benzene rings is 1. The average molecular weight is 372 g/mol. The van der Waals surface area contributed by atoms with Gasteiger partial charge >= 0.3 is 0 Å². The number of primary sulfonamides is 1. The smallest absolute Gasteiger partial charge is 0.240 e. The first-order valence-electron chi connectivity index (χ1n) is 8.18. The summed E-state index contributed by atoms with van der Waals surface area (Å²) in [4.78, 5) is 4.11. The van der Waals surface area contributed by atoms with Gasteiger partial charge in [0.05, 0.1) is 11.4 Å². The van der Waals surface area contributed by atoms with Gasteiger partial charge in [-0.15, -0.1) is 5.10 Å². The molecule has 0 spiro atoms. The highest BCUT2D eigenvalue weighted by atomic mass is 32.2. The number of rotatable bonds is 3. The van der Waals surface area contributed by atoms with Crippen molar-refractivity contribution in [3.8, 4) is 6.07 Å². The van der Waals surface area contributed by atoms with Crippen molar-refractivity contribution >= 4 is 21.5 Å². The average Bonchev–Trinajstić information content (AvgIpc) is 2.63. The van der Waals surface area contributed by atoms with Crippen LogP contribution in [0.15, 0.2) is 29.2 Å². The number of anilines is 2. The standard InChI is InChI=1S/C17H20N6O2S/c1-12-13(2)20-21-17(14(12)11-18)23-9-7-22(8-10-23)15-5-3-4-6-16(15)26(19,24)25/h3-6H,7-10H2,1-2H3,(H2,19,24,25). The second-order valence-corrected chi connectivity index (χ2v) is 7.74. The third kappa shape index (κ3) is 3.34. The molecule has 2 aromatic rings. The third-order valence-corrected chi connectivity index (χ3v) is 5.60. The highest BCUT2D eigenvalue weighted by molar-refractivity contribution is 7.89. The summed E-state index contributed by atoms with van der Waals surface area (Å²) in [5.74, 6) is 0.579. The van der Waals surface area contributed by atoms with Crippen LogP contribution in [0.2, 0.25) is 0 Å². The number of aryl methyl sites for hydroxylation is 1. The molecule has 8 nitrogen and oxygen atoms in total. The summed E-state index contributed by atoms with van der Waals surface area (Å²) in [7, 11) is -3.79. The summed E-state index contributed by atoms with van der Waals surface area (Å²) < 4.78 is 23.6. The predicted octanol–water partition coefficient (Wildman–Crippen LogP) is 0.939. The summed E-state index contributed by atoms with van der Waals surface area (Å²) in [6.07, 6.45) is 0. The quantitative estimate of drug-likeness (QED) is 0.852. The molecule has 1 fully saturated rings. The van der Waals surface area contributed by atoms with Gasteiger partial charge < -0.3 is 9.80 Å². The topological polar surface area (TPSA) is 116 Å². The second kappa shape index (κ2) is 6.90. The minimum Gasteiger partial charge on any atom is -0.367 e. The van der Waals surface area contributed by atoms with Crippen LogP contribution in [0.3, 0.4) is 0 Å². The van der Waals surface area contributed by atoms with Crippen molar-refractivity contribution in [2.45, 2.75) is 18.7 Å². The van der Waals surface area contributed by atoms with Gasteiger partial charge in [-0.25, -0.2) is 13.6 Å². The molecule has 0 radical (unpaired) electrons. The molecule has 0 bridgehead atoms. The molecule has 2 N–H and O–H groups in total. The van der Waals surface area contributed by atoms with Gasteiger partial charge in [0, 0.05) is 26.2 Å². The predicted molar refractivity (Wildman–Crippen MR) is 98.5 cm³/mol. The van der Waals surface area contributed by atoms with E-state index in [0.717, 1.165) is 11.3 Å². The summed E-state index contributed by atoms with van der Waals surface area (Å²) >= 11 is 0. The van der Waals surface area contributed by atoms with Crippen LogP contribution in [-0.4, -0.2) is 44.8 Å². The van der Waals surface area contributed by atoms with Crippen molar-refractivity contribution in [3.63, 3.8) is 0 Å². The molecular formula is C17H20N6O2S. The zero-order valence-electron chi connectivity index (χ0n) is 14.7. The van der Waals surface area contributed by atoms with Gasteiger partial charge in [0.1, 0.15) is 16.5 Å². The van der Waals surface area contributed by atoms with Crippen molar-refractivity contribution in [3.05, 3.63) is 41.1 Å². The molecule has 0 atom stereocenters. The number of hydrogen-bond donors (Lipinski definition) is 1. The number of nitrogens with zero attached hydrogens (tertiary/aromatic N) is 5. The number of piperazine rings is 1. The fraction of sp³-hybridized carbons (Fsp3) is 0.353. The van der Waals surface area contributed by atoms with Crippen molar-refractivity contribution in [1.82, 2.24) is 10.2 Å². The molecule has 0 amide bonds. The van der Waals surface area contributed by atoms with Gasteiger partial charge in [0.15, 0.2) is 5.82 Å². The first-order valence-corrected chi connectivity index (χ1v) is 9.73. The molecule has 1 aliphatic rings. The van der Waals surface area contributed by atoms with E-state index in [1.165, 1.54) is 6.07 Å². The summed E-state index contributed by atoms with van der Waals surface area (Å²) in [6.45, 7) is 6.08. The maximum atomic E-state index is 11.8. The van der Waals surface area contributed by atoms with Crippen molar-refractivity contribution in [1.29, 1.82) is 5.26 Å². The fourth-order valence-electron chi connectivity index (χ4n) is 3.07. The SMILES string of the molecule is Cc1nnc(N2CCN(c3ccccc3S(N)(=O)=O)CC2)c(C#N)c1C. The van der Waals surface area contributed by atoms with Gasteiger partial charge in [-0.1, -0.05) is 12.1 Å². The first-order chi connectivity index (χ1) is 12.3.